The van der Waals surface area contributed by atoms with Crippen molar-refractivity contribution in [2.45, 2.75) is 25.0 Å². The van der Waals surface area contributed by atoms with Crippen LogP contribution < -0.4 is 11.5 Å². The molecule has 4 heteroatoms. The predicted octanol–water partition coefficient (Wildman–Crippen LogP) is -1.02. The minimum absolute atomic E-state index is 0.159. The van der Waals surface area contributed by atoms with Crippen LogP contribution in [0.4, 0.5) is 0 Å². The summed E-state index contributed by atoms with van der Waals surface area (Å²) in [6.45, 7) is 2.39. The van der Waals surface area contributed by atoms with E-state index >= 15 is 0 Å². The number of rotatable bonds is 3. The van der Waals surface area contributed by atoms with Crippen LogP contribution in [-0.2, 0) is 0 Å². The molecule has 0 saturated carbocycles. The van der Waals surface area contributed by atoms with Crippen molar-refractivity contribution in [2.24, 2.45) is 17.4 Å². The molecular weight excluding hydrogens is 166 g/mol. The summed E-state index contributed by atoms with van der Waals surface area (Å²) in [6.07, 6.45) is 1.74. The fourth-order valence-electron chi connectivity index (χ4n) is 1.99. The Morgan fingerprint density at radius 1 is 1.62 bits per heavy atom. The van der Waals surface area contributed by atoms with Crippen molar-refractivity contribution in [2.75, 3.05) is 26.7 Å². The Labute approximate surface area is 79.9 Å². The van der Waals surface area contributed by atoms with Gasteiger partial charge in [0.25, 0.3) is 0 Å². The minimum Gasteiger partial charge on any atom is -0.390 e. The van der Waals surface area contributed by atoms with E-state index in [9.17, 15) is 5.11 Å². The molecule has 78 valence electrons. The Balaban J connectivity index is 2.41. The van der Waals surface area contributed by atoms with Crippen LogP contribution in [0.1, 0.15) is 12.8 Å². The molecule has 0 aliphatic carbocycles. The van der Waals surface area contributed by atoms with Gasteiger partial charge in [0.15, 0.2) is 0 Å². The first kappa shape index (κ1) is 10.9. The fraction of sp³-hybridized carbons (Fsp3) is 1.00. The summed E-state index contributed by atoms with van der Waals surface area (Å²) < 4.78 is 0. The van der Waals surface area contributed by atoms with Crippen molar-refractivity contribution < 1.29 is 5.11 Å². The highest BCUT2D eigenvalue weighted by molar-refractivity contribution is 4.84. The lowest BCUT2D eigenvalue weighted by molar-refractivity contribution is 0.0909. The van der Waals surface area contributed by atoms with Gasteiger partial charge >= 0.3 is 0 Å². The molecule has 5 N–H and O–H groups in total. The van der Waals surface area contributed by atoms with E-state index in [4.69, 9.17) is 11.5 Å². The van der Waals surface area contributed by atoms with E-state index in [1.807, 2.05) is 0 Å². The SMILES string of the molecule is CN1CCCC(C(N)C(O)CN)C1. The van der Waals surface area contributed by atoms with Crippen molar-refractivity contribution in [1.29, 1.82) is 0 Å². The van der Waals surface area contributed by atoms with Gasteiger partial charge in [-0.05, 0) is 32.4 Å². The highest BCUT2D eigenvalue weighted by atomic mass is 16.3. The molecule has 0 amide bonds. The molecule has 1 heterocycles. The molecule has 0 bridgehead atoms. The van der Waals surface area contributed by atoms with Crippen LogP contribution in [0.15, 0.2) is 0 Å². The van der Waals surface area contributed by atoms with Crippen molar-refractivity contribution in [3.63, 3.8) is 0 Å². The summed E-state index contributed by atoms with van der Waals surface area (Å²) in [5.74, 6) is 0.400. The van der Waals surface area contributed by atoms with Crippen LogP contribution >= 0.6 is 0 Å². The fourth-order valence-corrected chi connectivity index (χ4v) is 1.99. The van der Waals surface area contributed by atoms with Crippen LogP contribution in [0.5, 0.6) is 0 Å². The zero-order valence-electron chi connectivity index (χ0n) is 8.32. The Morgan fingerprint density at radius 2 is 2.31 bits per heavy atom. The lowest BCUT2D eigenvalue weighted by Crippen LogP contribution is -2.50. The monoisotopic (exact) mass is 187 g/mol. The Kier molecular flexibility index (Phi) is 4.12. The molecule has 0 spiro atoms. The molecule has 1 rings (SSSR count). The van der Waals surface area contributed by atoms with Crippen molar-refractivity contribution in [3.05, 3.63) is 0 Å². The average molecular weight is 187 g/mol. The van der Waals surface area contributed by atoms with Gasteiger partial charge in [0.05, 0.1) is 6.10 Å². The molecule has 0 aromatic rings. The van der Waals surface area contributed by atoms with E-state index in [1.165, 1.54) is 6.42 Å². The standard InChI is InChI=1S/C9H21N3O/c1-12-4-2-3-7(6-12)9(11)8(13)5-10/h7-9,13H,2-6,10-11H2,1H3. The largest absolute Gasteiger partial charge is 0.390 e. The molecule has 0 aromatic heterocycles. The third-order valence-corrected chi connectivity index (χ3v) is 2.89. The van der Waals surface area contributed by atoms with E-state index < -0.39 is 6.10 Å². The second-order valence-corrected chi connectivity index (χ2v) is 4.04. The third-order valence-electron chi connectivity index (χ3n) is 2.89. The summed E-state index contributed by atoms with van der Waals surface area (Å²) in [6, 6.07) is -0.159. The number of aliphatic hydroxyl groups is 1. The number of aliphatic hydroxyl groups excluding tert-OH is 1. The molecule has 0 radical (unpaired) electrons. The number of hydrogen-bond donors (Lipinski definition) is 3. The number of piperidine rings is 1. The van der Waals surface area contributed by atoms with Crippen LogP contribution in [0, 0.1) is 5.92 Å². The highest BCUT2D eigenvalue weighted by Gasteiger charge is 2.27. The van der Waals surface area contributed by atoms with E-state index in [2.05, 4.69) is 11.9 Å². The Morgan fingerprint density at radius 3 is 2.85 bits per heavy atom. The second kappa shape index (κ2) is 4.91. The van der Waals surface area contributed by atoms with E-state index in [1.54, 1.807) is 0 Å². The zero-order chi connectivity index (χ0) is 9.84. The Hall–Kier alpha value is -0.160. The van der Waals surface area contributed by atoms with E-state index in [0.29, 0.717) is 5.92 Å². The van der Waals surface area contributed by atoms with Crippen LogP contribution in [0.25, 0.3) is 0 Å². The summed E-state index contributed by atoms with van der Waals surface area (Å²) in [7, 11) is 2.09. The number of nitrogens with two attached hydrogens (primary N) is 2. The van der Waals surface area contributed by atoms with Gasteiger partial charge in [-0.1, -0.05) is 0 Å². The Bertz CT molecular complexity index is 154. The summed E-state index contributed by atoms with van der Waals surface area (Å²) >= 11 is 0. The van der Waals surface area contributed by atoms with Gasteiger partial charge in [-0.3, -0.25) is 0 Å². The van der Waals surface area contributed by atoms with Gasteiger partial charge in [0.2, 0.25) is 0 Å². The molecule has 3 atom stereocenters. The lowest BCUT2D eigenvalue weighted by Gasteiger charge is -2.35. The van der Waals surface area contributed by atoms with Crippen LogP contribution in [0.2, 0.25) is 0 Å². The number of nitrogens with zero attached hydrogens (tertiary/aromatic N) is 1. The van der Waals surface area contributed by atoms with Gasteiger partial charge < -0.3 is 21.5 Å². The maximum atomic E-state index is 9.50. The van der Waals surface area contributed by atoms with Crippen molar-refractivity contribution in [1.82, 2.24) is 4.90 Å². The second-order valence-electron chi connectivity index (χ2n) is 4.04. The quantitative estimate of drug-likeness (QED) is 0.528. The summed E-state index contributed by atoms with van der Waals surface area (Å²) in [5.41, 5.74) is 11.3. The molecule has 1 aliphatic heterocycles. The summed E-state index contributed by atoms with van der Waals surface area (Å²) in [4.78, 5) is 2.26. The van der Waals surface area contributed by atoms with E-state index in [-0.39, 0.29) is 12.6 Å². The molecule has 4 nitrogen and oxygen atoms in total. The number of likely N-dealkylation sites (tertiary alicyclic amines) is 1. The normalized spacial score (nSPS) is 30.0. The smallest absolute Gasteiger partial charge is 0.0816 e. The van der Waals surface area contributed by atoms with Crippen molar-refractivity contribution in [3.8, 4) is 0 Å². The minimum atomic E-state index is -0.545. The first-order valence-electron chi connectivity index (χ1n) is 4.97. The lowest BCUT2D eigenvalue weighted by atomic mass is 9.88. The maximum Gasteiger partial charge on any atom is 0.0816 e. The van der Waals surface area contributed by atoms with Crippen molar-refractivity contribution >= 4 is 0 Å². The topological polar surface area (TPSA) is 75.5 Å². The molecule has 13 heavy (non-hydrogen) atoms. The number of hydrogen-bond acceptors (Lipinski definition) is 4. The van der Waals surface area contributed by atoms with Gasteiger partial charge in [0, 0.05) is 19.1 Å². The van der Waals surface area contributed by atoms with Crippen LogP contribution in [-0.4, -0.2) is 48.8 Å². The molecule has 0 aromatic carbocycles. The first-order valence-corrected chi connectivity index (χ1v) is 4.97. The maximum absolute atomic E-state index is 9.50. The molecule has 1 aliphatic rings. The highest BCUT2D eigenvalue weighted by Crippen LogP contribution is 2.18. The third kappa shape index (κ3) is 2.91. The molecular formula is C9H21N3O. The summed E-state index contributed by atoms with van der Waals surface area (Å²) in [5, 5.41) is 9.50. The van der Waals surface area contributed by atoms with E-state index in [0.717, 1.165) is 19.5 Å². The molecule has 3 unspecified atom stereocenters. The van der Waals surface area contributed by atoms with Gasteiger partial charge in [-0.15, -0.1) is 0 Å². The van der Waals surface area contributed by atoms with Gasteiger partial charge in [-0.25, -0.2) is 0 Å². The molecule has 1 fully saturated rings. The first-order chi connectivity index (χ1) is 6.15. The van der Waals surface area contributed by atoms with Gasteiger partial charge in [-0.2, -0.15) is 0 Å². The average Bonchev–Trinajstić information content (AvgIpc) is 2.15. The van der Waals surface area contributed by atoms with Gasteiger partial charge in [0.1, 0.15) is 0 Å². The van der Waals surface area contributed by atoms with Crippen LogP contribution in [0.3, 0.4) is 0 Å². The zero-order valence-corrected chi connectivity index (χ0v) is 8.32. The predicted molar refractivity (Wildman–Crippen MR) is 53.3 cm³/mol. The molecule has 1 saturated heterocycles.